The Morgan fingerprint density at radius 1 is 1.29 bits per heavy atom. The first-order chi connectivity index (χ1) is 10.1. The molecule has 0 N–H and O–H groups in total. The van der Waals surface area contributed by atoms with E-state index in [-0.39, 0.29) is 21.6 Å². The van der Waals surface area contributed by atoms with Gasteiger partial charge in [0.25, 0.3) is 0 Å². The lowest BCUT2D eigenvalue weighted by atomic mass is 10.3. The highest BCUT2D eigenvalue weighted by molar-refractivity contribution is 6.35. The molecule has 9 heteroatoms. The van der Waals surface area contributed by atoms with Gasteiger partial charge in [-0.3, -0.25) is 4.68 Å². The van der Waals surface area contributed by atoms with Crippen LogP contribution in [0.15, 0.2) is 0 Å². The second-order valence-corrected chi connectivity index (χ2v) is 4.85. The standard InChI is InChI=1S/C12H14Cl2N4O3/c1-3-5-21-6-4-18-9-7(8(17-18)11(19)20-2)15-12(14)16-10(9)13/h3-6H2,1-2H3. The summed E-state index contributed by atoms with van der Waals surface area (Å²) >= 11 is 11.9. The minimum atomic E-state index is -0.612. The van der Waals surface area contributed by atoms with Crippen LogP contribution < -0.4 is 0 Å². The Kier molecular flexibility index (Phi) is 5.33. The van der Waals surface area contributed by atoms with E-state index in [2.05, 4.69) is 19.8 Å². The van der Waals surface area contributed by atoms with Crippen molar-refractivity contribution < 1.29 is 14.3 Å². The summed E-state index contributed by atoms with van der Waals surface area (Å²) in [6.07, 6.45) is 0.923. The van der Waals surface area contributed by atoms with Crippen LogP contribution in [0.4, 0.5) is 0 Å². The molecule has 0 saturated heterocycles. The minimum Gasteiger partial charge on any atom is -0.464 e. The molecule has 0 aromatic carbocycles. The number of nitrogens with zero attached hydrogens (tertiary/aromatic N) is 4. The molecule has 2 aromatic rings. The third-order valence-corrected chi connectivity index (χ3v) is 3.12. The summed E-state index contributed by atoms with van der Waals surface area (Å²) in [5.74, 6) is -0.612. The topological polar surface area (TPSA) is 79.1 Å². The zero-order valence-corrected chi connectivity index (χ0v) is 13.1. The van der Waals surface area contributed by atoms with Gasteiger partial charge < -0.3 is 9.47 Å². The van der Waals surface area contributed by atoms with E-state index in [1.165, 1.54) is 11.8 Å². The molecule has 0 spiro atoms. The van der Waals surface area contributed by atoms with Crippen molar-refractivity contribution in [1.29, 1.82) is 0 Å². The first kappa shape index (κ1) is 15.9. The quantitative estimate of drug-likeness (QED) is 0.349. The molecule has 2 aromatic heterocycles. The maximum absolute atomic E-state index is 11.8. The van der Waals surface area contributed by atoms with Crippen LogP contribution in [-0.2, 0) is 16.0 Å². The highest BCUT2D eigenvalue weighted by Gasteiger charge is 2.22. The average Bonchev–Trinajstić information content (AvgIpc) is 2.81. The largest absolute Gasteiger partial charge is 0.464 e. The van der Waals surface area contributed by atoms with Gasteiger partial charge in [-0.05, 0) is 18.0 Å². The lowest BCUT2D eigenvalue weighted by molar-refractivity contribution is 0.0594. The molecule has 21 heavy (non-hydrogen) atoms. The molecule has 2 rings (SSSR count). The summed E-state index contributed by atoms with van der Waals surface area (Å²) in [4.78, 5) is 19.7. The van der Waals surface area contributed by atoms with Crippen LogP contribution in [0.2, 0.25) is 10.4 Å². The second-order valence-electron chi connectivity index (χ2n) is 4.16. The first-order valence-corrected chi connectivity index (χ1v) is 7.09. The van der Waals surface area contributed by atoms with Crippen LogP contribution >= 0.6 is 23.2 Å². The van der Waals surface area contributed by atoms with Crippen molar-refractivity contribution in [3.63, 3.8) is 0 Å². The number of esters is 1. The molecule has 0 aliphatic carbocycles. The predicted octanol–water partition coefficient (Wildman–Crippen LogP) is 2.35. The number of aromatic nitrogens is 4. The predicted molar refractivity (Wildman–Crippen MR) is 77.8 cm³/mol. The molecule has 0 aliphatic rings. The molecule has 0 amide bonds. The van der Waals surface area contributed by atoms with Gasteiger partial charge in [0.1, 0.15) is 11.0 Å². The molecule has 0 bridgehead atoms. The van der Waals surface area contributed by atoms with Gasteiger partial charge in [-0.1, -0.05) is 18.5 Å². The fourth-order valence-corrected chi connectivity index (χ4v) is 2.29. The zero-order valence-electron chi connectivity index (χ0n) is 11.6. The number of hydrogen-bond acceptors (Lipinski definition) is 6. The van der Waals surface area contributed by atoms with E-state index in [0.717, 1.165) is 6.42 Å². The molecular formula is C12H14Cl2N4O3. The Morgan fingerprint density at radius 2 is 2.05 bits per heavy atom. The fourth-order valence-electron chi connectivity index (χ4n) is 1.81. The van der Waals surface area contributed by atoms with Gasteiger partial charge in [0.15, 0.2) is 10.8 Å². The number of halogens is 2. The molecule has 0 radical (unpaired) electrons. The Labute approximate surface area is 131 Å². The molecule has 0 atom stereocenters. The molecule has 0 unspecified atom stereocenters. The van der Waals surface area contributed by atoms with Gasteiger partial charge in [0.05, 0.1) is 20.3 Å². The van der Waals surface area contributed by atoms with Gasteiger partial charge in [-0.15, -0.1) is 0 Å². The lowest BCUT2D eigenvalue weighted by Gasteiger charge is -2.04. The summed E-state index contributed by atoms with van der Waals surface area (Å²) < 4.78 is 11.6. The number of carbonyl (C=O) groups excluding carboxylic acids is 1. The Hall–Kier alpha value is -1.44. The van der Waals surface area contributed by atoms with Gasteiger partial charge in [0, 0.05) is 6.61 Å². The van der Waals surface area contributed by atoms with Crippen LogP contribution in [0.3, 0.4) is 0 Å². The highest BCUT2D eigenvalue weighted by atomic mass is 35.5. The van der Waals surface area contributed by atoms with E-state index >= 15 is 0 Å². The SMILES string of the molecule is CCCOCCn1nc(C(=O)OC)c2nc(Cl)nc(Cl)c21. The Balaban J connectivity index is 2.42. The lowest BCUT2D eigenvalue weighted by Crippen LogP contribution is -2.10. The van der Waals surface area contributed by atoms with Crippen LogP contribution in [-0.4, -0.2) is 46.0 Å². The third kappa shape index (κ3) is 3.42. The van der Waals surface area contributed by atoms with Crippen molar-refractivity contribution in [1.82, 2.24) is 19.7 Å². The smallest absolute Gasteiger partial charge is 0.360 e. The number of ether oxygens (including phenoxy) is 2. The third-order valence-electron chi connectivity index (χ3n) is 2.69. The van der Waals surface area contributed by atoms with Crippen molar-refractivity contribution >= 4 is 40.2 Å². The van der Waals surface area contributed by atoms with Crippen molar-refractivity contribution in [2.24, 2.45) is 0 Å². The molecule has 0 saturated carbocycles. The summed E-state index contributed by atoms with van der Waals surface area (Å²) in [5.41, 5.74) is 0.748. The van der Waals surface area contributed by atoms with E-state index < -0.39 is 5.97 Å². The summed E-state index contributed by atoms with van der Waals surface area (Å²) in [5, 5.41) is 4.25. The van der Waals surface area contributed by atoms with Crippen LogP contribution in [0.1, 0.15) is 23.8 Å². The normalized spacial score (nSPS) is 11.0. The minimum absolute atomic E-state index is 0.0502. The number of fused-ring (bicyclic) bond motifs is 1. The van der Waals surface area contributed by atoms with Gasteiger partial charge in [0.2, 0.25) is 5.28 Å². The van der Waals surface area contributed by atoms with E-state index in [4.69, 9.17) is 27.9 Å². The van der Waals surface area contributed by atoms with Gasteiger partial charge in [-0.2, -0.15) is 5.10 Å². The van der Waals surface area contributed by atoms with Crippen molar-refractivity contribution in [2.75, 3.05) is 20.3 Å². The van der Waals surface area contributed by atoms with E-state index in [9.17, 15) is 4.79 Å². The zero-order chi connectivity index (χ0) is 15.4. The molecule has 114 valence electrons. The number of methoxy groups -OCH3 is 1. The maximum atomic E-state index is 11.8. The number of rotatable bonds is 6. The van der Waals surface area contributed by atoms with E-state index in [1.54, 1.807) is 0 Å². The second kappa shape index (κ2) is 7.02. The highest BCUT2D eigenvalue weighted by Crippen LogP contribution is 2.25. The van der Waals surface area contributed by atoms with Crippen molar-refractivity contribution in [2.45, 2.75) is 19.9 Å². The number of hydrogen-bond donors (Lipinski definition) is 0. The average molecular weight is 333 g/mol. The maximum Gasteiger partial charge on any atom is 0.360 e. The molecule has 2 heterocycles. The monoisotopic (exact) mass is 332 g/mol. The fraction of sp³-hybridized carbons (Fsp3) is 0.500. The summed E-state index contributed by atoms with van der Waals surface area (Å²) in [6, 6.07) is 0. The van der Waals surface area contributed by atoms with Crippen molar-refractivity contribution in [3.8, 4) is 0 Å². The molecular weight excluding hydrogens is 319 g/mol. The number of carbonyl (C=O) groups is 1. The molecule has 0 fully saturated rings. The van der Waals surface area contributed by atoms with E-state index in [0.29, 0.717) is 25.3 Å². The van der Waals surface area contributed by atoms with Gasteiger partial charge in [-0.25, -0.2) is 14.8 Å². The van der Waals surface area contributed by atoms with Crippen LogP contribution in [0, 0.1) is 0 Å². The van der Waals surface area contributed by atoms with Crippen LogP contribution in [0.25, 0.3) is 11.0 Å². The van der Waals surface area contributed by atoms with E-state index in [1.807, 2.05) is 6.92 Å². The summed E-state index contributed by atoms with van der Waals surface area (Å²) in [7, 11) is 1.27. The Bertz CT molecular complexity index is 659. The molecule has 0 aliphatic heterocycles. The van der Waals surface area contributed by atoms with Gasteiger partial charge >= 0.3 is 5.97 Å². The molecule has 7 nitrogen and oxygen atoms in total. The first-order valence-electron chi connectivity index (χ1n) is 6.34. The Morgan fingerprint density at radius 3 is 2.71 bits per heavy atom. The van der Waals surface area contributed by atoms with Crippen LogP contribution in [0.5, 0.6) is 0 Å². The summed E-state index contributed by atoms with van der Waals surface area (Å²) in [6.45, 7) is 3.52. The van der Waals surface area contributed by atoms with Crippen molar-refractivity contribution in [3.05, 3.63) is 16.1 Å².